The van der Waals surface area contributed by atoms with Crippen molar-refractivity contribution in [2.24, 2.45) is 0 Å². The Kier molecular flexibility index (Phi) is 9.02. The van der Waals surface area contributed by atoms with E-state index >= 15 is 0 Å². The molecule has 0 saturated carbocycles. The molecule has 0 saturated heterocycles. The molecule has 0 amide bonds. The molecule has 84 valence electrons. The second-order valence-corrected chi connectivity index (χ2v) is 2.53. The standard InChI is InChI=1S/C9H7NO2.2HI.Pt/c10-7-5-6-3-1-2-4-8(6)12-9(7)11;;;/h1-5H,10H2;2*1H;/q;;;+2/p-2. The number of nitrogen functional groups attached to an aromatic ring is 1. The van der Waals surface area contributed by atoms with Crippen LogP contribution in [-0.4, -0.2) is 0 Å². The van der Waals surface area contributed by atoms with Gasteiger partial charge < -0.3 is 58.1 Å². The molecule has 0 fully saturated rings. The Balaban J connectivity index is 0. The Morgan fingerprint density at radius 2 is 1.73 bits per heavy atom. The molecule has 3 nitrogen and oxygen atoms in total. The molecule has 2 rings (SSSR count). The molecule has 0 aliphatic carbocycles. The molecular formula is C9H7I2NO2Pt. The first-order chi connectivity index (χ1) is 5.77. The molecule has 15 heavy (non-hydrogen) atoms. The van der Waals surface area contributed by atoms with E-state index in [2.05, 4.69) is 0 Å². The van der Waals surface area contributed by atoms with Crippen LogP contribution in [0.4, 0.5) is 5.69 Å². The number of benzene rings is 1. The largest absolute Gasteiger partial charge is 2.00 e. The van der Waals surface area contributed by atoms with Crippen molar-refractivity contribution in [1.82, 2.24) is 0 Å². The van der Waals surface area contributed by atoms with E-state index in [1.54, 1.807) is 12.1 Å². The van der Waals surface area contributed by atoms with Gasteiger partial charge in [-0.1, -0.05) is 18.2 Å². The van der Waals surface area contributed by atoms with Gasteiger partial charge in [0.25, 0.3) is 0 Å². The minimum Gasteiger partial charge on any atom is -1.00 e. The van der Waals surface area contributed by atoms with Gasteiger partial charge in [0.15, 0.2) is 0 Å². The summed E-state index contributed by atoms with van der Waals surface area (Å²) in [5.74, 6) is 0. The third kappa shape index (κ3) is 4.03. The van der Waals surface area contributed by atoms with Crippen LogP contribution in [0.2, 0.25) is 0 Å². The van der Waals surface area contributed by atoms with Gasteiger partial charge in [-0.3, -0.25) is 0 Å². The summed E-state index contributed by atoms with van der Waals surface area (Å²) in [6.45, 7) is 0. The molecule has 0 aliphatic rings. The molecule has 0 atom stereocenters. The number of nitrogens with two attached hydrogens (primary N) is 1. The van der Waals surface area contributed by atoms with Gasteiger partial charge in [0.05, 0.1) is 0 Å². The van der Waals surface area contributed by atoms with Crippen LogP contribution in [0.15, 0.2) is 39.5 Å². The van der Waals surface area contributed by atoms with Crippen LogP contribution >= 0.6 is 0 Å². The topological polar surface area (TPSA) is 56.2 Å². The predicted octanol–water partition coefficient (Wildman–Crippen LogP) is -4.62. The fourth-order valence-electron chi connectivity index (χ4n) is 1.08. The van der Waals surface area contributed by atoms with Gasteiger partial charge in [-0.05, 0) is 12.1 Å². The number of rotatable bonds is 0. The summed E-state index contributed by atoms with van der Waals surface area (Å²) in [5, 5.41) is 0.842. The average molecular weight is 610 g/mol. The van der Waals surface area contributed by atoms with Crippen LogP contribution < -0.4 is 59.3 Å². The first kappa shape index (κ1) is 17.8. The first-order valence-electron chi connectivity index (χ1n) is 3.56. The van der Waals surface area contributed by atoms with Crippen LogP contribution in [0, 0.1) is 0 Å². The summed E-state index contributed by atoms with van der Waals surface area (Å²) in [6, 6.07) is 8.86. The van der Waals surface area contributed by atoms with Crippen molar-refractivity contribution in [3.63, 3.8) is 0 Å². The summed E-state index contributed by atoms with van der Waals surface area (Å²) in [4.78, 5) is 10.9. The zero-order valence-corrected chi connectivity index (χ0v) is 13.9. The number of hydrogen-bond donors (Lipinski definition) is 1. The Hall–Kier alpha value is 0.378. The van der Waals surface area contributed by atoms with Crippen LogP contribution in [0.5, 0.6) is 0 Å². The van der Waals surface area contributed by atoms with Crippen LogP contribution in [0.3, 0.4) is 0 Å². The number of para-hydroxylation sites is 1. The fourth-order valence-corrected chi connectivity index (χ4v) is 1.08. The molecule has 0 spiro atoms. The predicted molar refractivity (Wildman–Crippen MR) is 46.9 cm³/mol. The zero-order chi connectivity index (χ0) is 8.55. The van der Waals surface area contributed by atoms with Crippen molar-refractivity contribution in [2.45, 2.75) is 0 Å². The van der Waals surface area contributed by atoms with Gasteiger partial charge in [-0.15, -0.1) is 0 Å². The van der Waals surface area contributed by atoms with Crippen molar-refractivity contribution in [3.05, 3.63) is 40.8 Å². The molecule has 0 radical (unpaired) electrons. The Labute approximate surface area is 135 Å². The minimum absolute atomic E-state index is 0. The molecule has 0 unspecified atom stereocenters. The van der Waals surface area contributed by atoms with E-state index < -0.39 is 5.63 Å². The number of halogens is 2. The van der Waals surface area contributed by atoms with Crippen LogP contribution in [-0.2, 0) is 21.1 Å². The van der Waals surface area contributed by atoms with E-state index in [9.17, 15) is 4.79 Å². The summed E-state index contributed by atoms with van der Waals surface area (Å²) >= 11 is 0. The van der Waals surface area contributed by atoms with Gasteiger partial charge in [0.1, 0.15) is 11.3 Å². The molecule has 6 heteroatoms. The molecular weight excluding hydrogens is 603 g/mol. The van der Waals surface area contributed by atoms with Crippen molar-refractivity contribution in [1.29, 1.82) is 0 Å². The summed E-state index contributed by atoms with van der Waals surface area (Å²) < 4.78 is 4.91. The molecule has 0 aliphatic heterocycles. The third-order valence-electron chi connectivity index (χ3n) is 1.67. The fraction of sp³-hybridized carbons (Fsp3) is 0. The van der Waals surface area contributed by atoms with Crippen molar-refractivity contribution >= 4 is 16.7 Å². The Bertz CT molecular complexity index is 487. The molecule has 2 aromatic rings. The van der Waals surface area contributed by atoms with E-state index in [-0.39, 0.29) is 74.7 Å². The van der Waals surface area contributed by atoms with Crippen molar-refractivity contribution < 1.29 is 73.4 Å². The van der Waals surface area contributed by atoms with Crippen molar-refractivity contribution in [3.8, 4) is 0 Å². The number of hydrogen-bond acceptors (Lipinski definition) is 3. The minimum atomic E-state index is -0.478. The second-order valence-electron chi connectivity index (χ2n) is 2.53. The molecule has 2 N–H and O–H groups in total. The molecule has 1 aromatic carbocycles. The number of anilines is 1. The molecule has 0 bridgehead atoms. The van der Waals surface area contributed by atoms with E-state index in [0.717, 1.165) is 5.39 Å². The zero-order valence-electron chi connectivity index (χ0n) is 7.35. The first-order valence-corrected chi connectivity index (χ1v) is 3.56. The molecule has 1 heterocycles. The van der Waals surface area contributed by atoms with Gasteiger partial charge in [0, 0.05) is 5.39 Å². The average Bonchev–Trinajstić information content (AvgIpc) is 2.07. The van der Waals surface area contributed by atoms with Crippen LogP contribution in [0.25, 0.3) is 11.0 Å². The second kappa shape index (κ2) is 7.62. The third-order valence-corrected chi connectivity index (χ3v) is 1.67. The number of fused-ring (bicyclic) bond motifs is 1. The van der Waals surface area contributed by atoms with Gasteiger partial charge in [-0.25, -0.2) is 4.79 Å². The van der Waals surface area contributed by atoms with Gasteiger partial charge in [-0.2, -0.15) is 0 Å². The normalized spacial score (nSPS) is 8.27. The smallest absolute Gasteiger partial charge is 1.00 e. The maximum Gasteiger partial charge on any atom is 2.00 e. The SMILES string of the molecule is Nc1cc2ccccc2oc1=O.[I-].[I-].[Pt+2]. The monoisotopic (exact) mass is 610 g/mol. The van der Waals surface area contributed by atoms with Gasteiger partial charge >= 0.3 is 26.7 Å². The Morgan fingerprint density at radius 1 is 1.13 bits per heavy atom. The maximum atomic E-state index is 10.9. The maximum absolute atomic E-state index is 10.9. The van der Waals surface area contributed by atoms with Crippen molar-refractivity contribution in [2.75, 3.05) is 5.73 Å². The summed E-state index contributed by atoms with van der Waals surface area (Å²) in [5.41, 5.74) is 5.61. The van der Waals surface area contributed by atoms with Gasteiger partial charge in [0.2, 0.25) is 0 Å². The summed E-state index contributed by atoms with van der Waals surface area (Å²) in [6.07, 6.45) is 0. The molecule has 1 aromatic heterocycles. The quantitative estimate of drug-likeness (QED) is 0.242. The van der Waals surface area contributed by atoms with Crippen LogP contribution in [0.1, 0.15) is 0 Å². The van der Waals surface area contributed by atoms with E-state index in [0.29, 0.717) is 5.58 Å². The van der Waals surface area contributed by atoms with E-state index in [1.807, 2.05) is 18.2 Å². The summed E-state index contributed by atoms with van der Waals surface area (Å²) in [7, 11) is 0. The van der Waals surface area contributed by atoms with E-state index in [1.165, 1.54) is 0 Å². The Morgan fingerprint density at radius 3 is 2.40 bits per heavy atom. The van der Waals surface area contributed by atoms with E-state index in [4.69, 9.17) is 10.2 Å².